The third-order valence-corrected chi connectivity index (χ3v) is 10.1. The zero-order valence-electron chi connectivity index (χ0n) is 24.0. The summed E-state index contributed by atoms with van der Waals surface area (Å²) in [5.74, 6) is -3.05. The van der Waals surface area contributed by atoms with Gasteiger partial charge in [0, 0.05) is 36.5 Å². The standard InChI is InChI=1S/C32H34BrN3O7/c1-18(37)34-14-12-19(16-34)43-27-11-10-25(33)24-13-15-35(29(38)22-8-4-5-9-23(22)32(41)42)26(28(24)27)17-36-30(39)20-6-2-3-7-21(20)31(36)40/h2-3,6-7,10-11,19,22-23,26H,4-5,8-9,12-17H2,1H3,(H,41,42)/t19?,22?,23-,26-/m1/s1. The number of ether oxygens (including phenoxy) is 1. The quantitative estimate of drug-likeness (QED) is 0.467. The van der Waals surface area contributed by atoms with E-state index in [0.29, 0.717) is 67.8 Å². The summed E-state index contributed by atoms with van der Waals surface area (Å²) in [5, 5.41) is 9.96. The summed E-state index contributed by atoms with van der Waals surface area (Å²) in [4.78, 5) is 70.0. The molecular weight excluding hydrogens is 618 g/mol. The molecule has 1 saturated heterocycles. The maximum absolute atomic E-state index is 14.3. The molecule has 10 nitrogen and oxygen atoms in total. The first-order chi connectivity index (χ1) is 20.7. The predicted octanol–water partition coefficient (Wildman–Crippen LogP) is 4.06. The number of benzene rings is 2. The summed E-state index contributed by atoms with van der Waals surface area (Å²) in [6.45, 7) is 2.77. The molecule has 4 aliphatic rings. The Kier molecular flexibility index (Phi) is 8.02. The molecule has 4 atom stereocenters. The molecule has 43 heavy (non-hydrogen) atoms. The van der Waals surface area contributed by atoms with Gasteiger partial charge in [0.25, 0.3) is 11.8 Å². The highest BCUT2D eigenvalue weighted by Gasteiger charge is 2.45. The number of carbonyl (C=O) groups excluding carboxylic acids is 4. The van der Waals surface area contributed by atoms with E-state index in [9.17, 15) is 29.1 Å². The molecule has 4 amide bonds. The van der Waals surface area contributed by atoms with Crippen LogP contribution in [0.15, 0.2) is 40.9 Å². The molecule has 0 bridgehead atoms. The van der Waals surface area contributed by atoms with Crippen molar-refractivity contribution < 1.29 is 33.8 Å². The lowest BCUT2D eigenvalue weighted by Crippen LogP contribution is -2.50. The third kappa shape index (κ3) is 5.32. The smallest absolute Gasteiger partial charge is 0.307 e. The van der Waals surface area contributed by atoms with E-state index in [1.165, 1.54) is 11.8 Å². The number of carboxylic acid groups (broad SMARTS) is 1. The molecule has 1 aliphatic carbocycles. The van der Waals surface area contributed by atoms with E-state index in [0.717, 1.165) is 22.9 Å². The summed E-state index contributed by atoms with van der Waals surface area (Å²) in [7, 11) is 0. The fraction of sp³-hybridized carbons (Fsp3) is 0.469. The van der Waals surface area contributed by atoms with Gasteiger partial charge in [0.15, 0.2) is 0 Å². The number of carboxylic acids is 1. The summed E-state index contributed by atoms with van der Waals surface area (Å²) >= 11 is 3.67. The number of fused-ring (bicyclic) bond motifs is 2. The van der Waals surface area contributed by atoms with Crippen LogP contribution in [0.4, 0.5) is 0 Å². The van der Waals surface area contributed by atoms with E-state index in [-0.39, 0.29) is 24.5 Å². The summed E-state index contributed by atoms with van der Waals surface area (Å²) in [6.07, 6.45) is 3.32. The van der Waals surface area contributed by atoms with Crippen LogP contribution >= 0.6 is 15.9 Å². The van der Waals surface area contributed by atoms with Gasteiger partial charge in [0.05, 0.1) is 42.1 Å². The molecule has 0 spiro atoms. The molecule has 6 rings (SSSR count). The Morgan fingerprint density at radius 3 is 2.26 bits per heavy atom. The van der Waals surface area contributed by atoms with E-state index in [1.807, 2.05) is 12.1 Å². The number of likely N-dealkylation sites (tertiary alicyclic amines) is 1. The lowest BCUT2D eigenvalue weighted by molar-refractivity contribution is -0.153. The van der Waals surface area contributed by atoms with Gasteiger partial charge >= 0.3 is 5.97 Å². The van der Waals surface area contributed by atoms with E-state index in [4.69, 9.17) is 4.74 Å². The van der Waals surface area contributed by atoms with Gasteiger partial charge in [-0.05, 0) is 49.1 Å². The van der Waals surface area contributed by atoms with E-state index < -0.39 is 35.7 Å². The summed E-state index contributed by atoms with van der Waals surface area (Å²) < 4.78 is 7.34. The molecule has 0 aromatic heterocycles. The van der Waals surface area contributed by atoms with Gasteiger partial charge in [0.1, 0.15) is 11.9 Å². The maximum Gasteiger partial charge on any atom is 0.307 e. The molecule has 3 aliphatic heterocycles. The minimum absolute atomic E-state index is 0.0234. The molecule has 1 N–H and O–H groups in total. The van der Waals surface area contributed by atoms with Crippen molar-refractivity contribution in [3.05, 3.63) is 63.1 Å². The largest absolute Gasteiger partial charge is 0.488 e. The van der Waals surface area contributed by atoms with Crippen molar-refractivity contribution in [2.24, 2.45) is 11.8 Å². The van der Waals surface area contributed by atoms with Crippen LogP contribution in [-0.2, 0) is 20.8 Å². The highest BCUT2D eigenvalue weighted by atomic mass is 79.9. The molecular formula is C32H34BrN3O7. The Labute approximate surface area is 258 Å². The Morgan fingerprint density at radius 2 is 1.63 bits per heavy atom. The van der Waals surface area contributed by atoms with Crippen molar-refractivity contribution >= 4 is 45.5 Å². The highest BCUT2D eigenvalue weighted by molar-refractivity contribution is 9.10. The number of hydrogen-bond donors (Lipinski definition) is 1. The Hall–Kier alpha value is -3.73. The van der Waals surface area contributed by atoms with Crippen LogP contribution in [-0.4, -0.2) is 81.7 Å². The van der Waals surface area contributed by atoms with Gasteiger partial charge in [-0.2, -0.15) is 0 Å². The fourth-order valence-corrected chi connectivity index (χ4v) is 7.68. The van der Waals surface area contributed by atoms with Crippen LogP contribution in [0.25, 0.3) is 0 Å². The number of aliphatic carboxylic acids is 1. The van der Waals surface area contributed by atoms with Crippen LogP contribution in [0.3, 0.4) is 0 Å². The monoisotopic (exact) mass is 651 g/mol. The zero-order valence-corrected chi connectivity index (χ0v) is 25.5. The van der Waals surface area contributed by atoms with Crippen LogP contribution < -0.4 is 4.74 Å². The van der Waals surface area contributed by atoms with Crippen molar-refractivity contribution in [1.82, 2.24) is 14.7 Å². The second-order valence-corrected chi connectivity index (χ2v) is 12.7. The van der Waals surface area contributed by atoms with Crippen molar-refractivity contribution in [1.29, 1.82) is 0 Å². The van der Waals surface area contributed by atoms with Gasteiger partial charge in [-0.1, -0.05) is 40.9 Å². The lowest BCUT2D eigenvalue weighted by atomic mass is 9.77. The molecule has 2 fully saturated rings. The highest BCUT2D eigenvalue weighted by Crippen LogP contribution is 2.44. The summed E-state index contributed by atoms with van der Waals surface area (Å²) in [5.41, 5.74) is 2.26. The summed E-state index contributed by atoms with van der Waals surface area (Å²) in [6, 6.07) is 9.64. The zero-order chi connectivity index (χ0) is 30.4. The molecule has 2 unspecified atom stereocenters. The van der Waals surface area contributed by atoms with Gasteiger partial charge < -0.3 is 19.6 Å². The average Bonchev–Trinajstić information content (AvgIpc) is 3.57. The molecule has 1 saturated carbocycles. The minimum atomic E-state index is -0.976. The van der Waals surface area contributed by atoms with Crippen LogP contribution in [0.1, 0.15) is 76.9 Å². The van der Waals surface area contributed by atoms with Crippen molar-refractivity contribution in [2.75, 3.05) is 26.2 Å². The topological polar surface area (TPSA) is 125 Å². The third-order valence-electron chi connectivity index (χ3n) is 9.37. The van der Waals surface area contributed by atoms with Crippen molar-refractivity contribution in [3.8, 4) is 5.75 Å². The van der Waals surface area contributed by atoms with E-state index >= 15 is 0 Å². The molecule has 11 heteroatoms. The van der Waals surface area contributed by atoms with Gasteiger partial charge in [0.2, 0.25) is 11.8 Å². The molecule has 0 radical (unpaired) electrons. The average molecular weight is 653 g/mol. The van der Waals surface area contributed by atoms with Gasteiger partial charge in [-0.15, -0.1) is 0 Å². The fourth-order valence-electron chi connectivity index (χ4n) is 7.14. The van der Waals surface area contributed by atoms with Crippen LogP contribution in [0.5, 0.6) is 5.75 Å². The lowest BCUT2D eigenvalue weighted by Gasteiger charge is -2.43. The van der Waals surface area contributed by atoms with Crippen molar-refractivity contribution in [3.63, 3.8) is 0 Å². The van der Waals surface area contributed by atoms with Gasteiger partial charge in [-0.3, -0.25) is 28.9 Å². The van der Waals surface area contributed by atoms with Crippen LogP contribution in [0, 0.1) is 11.8 Å². The Morgan fingerprint density at radius 1 is 0.953 bits per heavy atom. The number of hydrogen-bond acceptors (Lipinski definition) is 6. The second-order valence-electron chi connectivity index (χ2n) is 11.8. The minimum Gasteiger partial charge on any atom is -0.488 e. The molecule has 2 aromatic rings. The predicted molar refractivity (Wildman–Crippen MR) is 158 cm³/mol. The van der Waals surface area contributed by atoms with Gasteiger partial charge in [-0.25, -0.2) is 0 Å². The Bertz CT molecular complexity index is 1470. The first-order valence-corrected chi connectivity index (χ1v) is 15.7. The first-order valence-electron chi connectivity index (χ1n) is 14.9. The van der Waals surface area contributed by atoms with Crippen molar-refractivity contribution in [2.45, 2.75) is 57.6 Å². The maximum atomic E-state index is 14.3. The van der Waals surface area contributed by atoms with E-state index in [2.05, 4.69) is 15.9 Å². The number of rotatable bonds is 6. The SMILES string of the molecule is CC(=O)N1CCC(Oc2ccc(Br)c3c2[C@@H](CN2C(=O)c4ccccc4C2=O)N(C(=O)C2CCCC[C@H]2C(=O)O)CC3)C1. The molecule has 3 heterocycles. The number of carbonyl (C=O) groups is 5. The number of nitrogens with zero attached hydrogens (tertiary/aromatic N) is 3. The molecule has 2 aromatic carbocycles. The Balaban J connectivity index is 1.40. The normalized spacial score (nSPS) is 25.0. The van der Waals surface area contributed by atoms with Crippen LogP contribution in [0.2, 0.25) is 0 Å². The second kappa shape index (κ2) is 11.7. The molecule has 226 valence electrons. The number of amides is 4. The van der Waals surface area contributed by atoms with E-state index in [1.54, 1.807) is 34.1 Å². The number of imide groups is 1. The number of halogens is 1. The first kappa shape index (κ1) is 29.3.